The molecule has 0 amide bonds. The second kappa shape index (κ2) is 10.1. The molecule has 172 valence electrons. The fraction of sp³-hybridized carbons (Fsp3) is 0.174. The first kappa shape index (κ1) is 23.7. The van der Waals surface area contributed by atoms with Crippen LogP contribution in [0.5, 0.6) is 5.75 Å². The second-order valence-electron chi connectivity index (χ2n) is 7.00. The van der Waals surface area contributed by atoms with E-state index in [1.807, 2.05) is 30.3 Å². The topological polar surface area (TPSA) is 116 Å². The van der Waals surface area contributed by atoms with Gasteiger partial charge in [-0.1, -0.05) is 48.5 Å². The van der Waals surface area contributed by atoms with Crippen LogP contribution in [-0.2, 0) is 26.2 Å². The number of sulfonamides is 1. The summed E-state index contributed by atoms with van der Waals surface area (Å²) in [7, 11) is -3.27. The largest absolute Gasteiger partial charge is 0.487 e. The van der Waals surface area contributed by atoms with E-state index >= 15 is 0 Å². The maximum Gasteiger partial charge on any atom is 0.329 e. The van der Waals surface area contributed by atoms with Crippen molar-refractivity contribution in [2.45, 2.75) is 24.5 Å². The van der Waals surface area contributed by atoms with Crippen LogP contribution in [0.4, 0.5) is 11.4 Å². The van der Waals surface area contributed by atoms with Gasteiger partial charge in [-0.15, -0.1) is 0 Å². The number of rotatable bonds is 9. The number of nitro benzene ring substituents is 1. The van der Waals surface area contributed by atoms with Crippen molar-refractivity contribution in [3.05, 3.63) is 94.5 Å². The Morgan fingerprint density at radius 2 is 1.70 bits per heavy atom. The Morgan fingerprint density at radius 3 is 2.36 bits per heavy atom. The van der Waals surface area contributed by atoms with E-state index in [9.17, 15) is 23.3 Å². The van der Waals surface area contributed by atoms with Gasteiger partial charge in [0, 0.05) is 12.1 Å². The summed E-state index contributed by atoms with van der Waals surface area (Å²) in [6, 6.07) is 19.0. The van der Waals surface area contributed by atoms with E-state index in [2.05, 4.69) is 0 Å². The lowest BCUT2D eigenvalue weighted by atomic mass is 10.2. The fourth-order valence-electron chi connectivity index (χ4n) is 3.18. The van der Waals surface area contributed by atoms with E-state index in [-0.39, 0.29) is 22.9 Å². The number of hydrogen-bond acceptors (Lipinski definition) is 7. The van der Waals surface area contributed by atoms with Gasteiger partial charge in [0.25, 0.3) is 15.7 Å². The lowest BCUT2D eigenvalue weighted by molar-refractivity contribution is -0.385. The average molecular weight is 471 g/mol. The number of anilines is 1. The minimum atomic E-state index is -4.42. The fourth-order valence-corrected chi connectivity index (χ4v) is 4.84. The molecule has 3 aromatic carbocycles. The molecule has 0 aliphatic rings. The molecular weight excluding hydrogens is 448 g/mol. The third-order valence-electron chi connectivity index (χ3n) is 4.82. The first-order chi connectivity index (χ1) is 15.8. The van der Waals surface area contributed by atoms with Gasteiger partial charge in [0.15, 0.2) is 0 Å². The maximum atomic E-state index is 13.6. The van der Waals surface area contributed by atoms with Gasteiger partial charge in [-0.3, -0.25) is 10.1 Å². The Kier molecular flexibility index (Phi) is 7.29. The van der Waals surface area contributed by atoms with Crippen LogP contribution in [0.3, 0.4) is 0 Å². The first-order valence-corrected chi connectivity index (χ1v) is 11.3. The summed E-state index contributed by atoms with van der Waals surface area (Å²) >= 11 is 0. The zero-order valence-corrected chi connectivity index (χ0v) is 18.8. The highest BCUT2D eigenvalue weighted by Crippen LogP contribution is 2.35. The number of esters is 1. The molecule has 0 aliphatic carbocycles. The first-order valence-electron chi connectivity index (χ1n) is 9.88. The van der Waals surface area contributed by atoms with Gasteiger partial charge in [-0.2, -0.15) is 0 Å². The van der Waals surface area contributed by atoms with Crippen LogP contribution >= 0.6 is 0 Å². The summed E-state index contributed by atoms with van der Waals surface area (Å²) in [6.45, 7) is 1.53. The summed E-state index contributed by atoms with van der Waals surface area (Å²) in [4.78, 5) is 22.5. The van der Waals surface area contributed by atoms with Crippen molar-refractivity contribution in [2.75, 3.05) is 11.4 Å². The highest BCUT2D eigenvalue weighted by atomic mass is 32.2. The molecule has 0 saturated carbocycles. The lowest BCUT2D eigenvalue weighted by Gasteiger charge is -2.30. The molecule has 0 radical (unpaired) electrons. The minimum absolute atomic E-state index is 0.0952. The van der Waals surface area contributed by atoms with Crippen molar-refractivity contribution in [1.29, 1.82) is 0 Å². The van der Waals surface area contributed by atoms with Crippen LogP contribution in [0.25, 0.3) is 0 Å². The molecule has 0 saturated heterocycles. The summed E-state index contributed by atoms with van der Waals surface area (Å²) in [5.41, 5.74) is 0.564. The number of benzene rings is 3. The molecule has 0 N–H and O–H groups in total. The van der Waals surface area contributed by atoms with Crippen LogP contribution in [0, 0.1) is 10.1 Å². The molecule has 3 rings (SSSR count). The lowest BCUT2D eigenvalue weighted by Crippen LogP contribution is -2.44. The smallest absolute Gasteiger partial charge is 0.329 e. The zero-order valence-electron chi connectivity index (χ0n) is 18.0. The third kappa shape index (κ3) is 5.29. The van der Waals surface area contributed by atoms with E-state index in [0.29, 0.717) is 0 Å². The Morgan fingerprint density at radius 1 is 1.03 bits per heavy atom. The summed E-state index contributed by atoms with van der Waals surface area (Å²) < 4.78 is 38.8. The molecule has 0 aliphatic heterocycles. The predicted molar refractivity (Wildman–Crippen MR) is 121 cm³/mol. The van der Waals surface area contributed by atoms with Gasteiger partial charge < -0.3 is 9.47 Å². The molecule has 9 nitrogen and oxygen atoms in total. The van der Waals surface area contributed by atoms with Crippen molar-refractivity contribution in [2.24, 2.45) is 0 Å². The number of carbonyl (C=O) groups is 1. The molecule has 0 heterocycles. The standard InChI is InChI=1S/C23H22N2O7S/c1-17(23(26)31-2)24(33(29,30)20-12-8-11-19(15-20)25(27)28)21-13-6-7-14-22(21)32-16-18-9-4-3-5-10-18/h3-15,17H,16H2,1-2H3. The molecule has 0 bridgehead atoms. The summed E-state index contributed by atoms with van der Waals surface area (Å²) in [5.74, 6) is -0.590. The number of methoxy groups -OCH3 is 1. The van der Waals surface area contributed by atoms with Gasteiger partial charge in [0.05, 0.1) is 22.6 Å². The number of ether oxygens (including phenoxy) is 2. The van der Waals surface area contributed by atoms with Crippen LogP contribution in [-0.4, -0.2) is 32.5 Å². The molecular formula is C23H22N2O7S. The molecule has 1 unspecified atom stereocenters. The Labute approximate surface area is 191 Å². The molecule has 3 aromatic rings. The zero-order chi connectivity index (χ0) is 24.0. The van der Waals surface area contributed by atoms with Crippen LogP contribution in [0.1, 0.15) is 12.5 Å². The van der Waals surface area contributed by atoms with E-state index in [1.54, 1.807) is 18.2 Å². The monoisotopic (exact) mass is 470 g/mol. The van der Waals surface area contributed by atoms with Gasteiger partial charge in [0.1, 0.15) is 18.4 Å². The summed E-state index contributed by atoms with van der Waals surface area (Å²) in [6.07, 6.45) is 0. The Bertz CT molecular complexity index is 1250. The molecule has 0 spiro atoms. The molecule has 10 heteroatoms. The number of nitrogens with zero attached hydrogens (tertiary/aromatic N) is 2. The average Bonchev–Trinajstić information content (AvgIpc) is 2.83. The van der Waals surface area contributed by atoms with Gasteiger partial charge in [-0.25, -0.2) is 17.5 Å². The highest BCUT2D eigenvalue weighted by molar-refractivity contribution is 7.93. The molecule has 0 aromatic heterocycles. The Balaban J connectivity index is 2.10. The number of hydrogen-bond donors (Lipinski definition) is 0. The van der Waals surface area contributed by atoms with Crippen molar-refractivity contribution < 1.29 is 27.6 Å². The third-order valence-corrected chi connectivity index (χ3v) is 6.70. The normalized spacial score (nSPS) is 11.9. The van der Waals surface area contributed by atoms with Gasteiger partial charge in [0.2, 0.25) is 0 Å². The maximum absolute atomic E-state index is 13.6. The quantitative estimate of drug-likeness (QED) is 0.264. The highest BCUT2D eigenvalue weighted by Gasteiger charge is 2.36. The van der Waals surface area contributed by atoms with E-state index in [0.717, 1.165) is 23.0 Å². The van der Waals surface area contributed by atoms with Gasteiger partial charge in [-0.05, 0) is 30.7 Å². The number of nitro groups is 1. The summed E-state index contributed by atoms with van der Waals surface area (Å²) in [5, 5.41) is 11.2. The van der Waals surface area contributed by atoms with E-state index in [4.69, 9.17) is 9.47 Å². The van der Waals surface area contributed by atoms with Crippen molar-refractivity contribution in [1.82, 2.24) is 0 Å². The predicted octanol–water partition coefficient (Wildman–Crippen LogP) is 3.93. The van der Waals surface area contributed by atoms with Crippen molar-refractivity contribution in [3.8, 4) is 5.75 Å². The van der Waals surface area contributed by atoms with Crippen molar-refractivity contribution >= 4 is 27.4 Å². The number of para-hydroxylation sites is 2. The van der Waals surface area contributed by atoms with Crippen LogP contribution < -0.4 is 9.04 Å². The molecule has 0 fully saturated rings. The van der Waals surface area contributed by atoms with Crippen LogP contribution in [0.2, 0.25) is 0 Å². The molecule has 33 heavy (non-hydrogen) atoms. The van der Waals surface area contributed by atoms with Crippen LogP contribution in [0.15, 0.2) is 83.8 Å². The Hall–Kier alpha value is -3.92. The van der Waals surface area contributed by atoms with E-state index < -0.39 is 32.6 Å². The number of non-ortho nitro benzene ring substituents is 1. The van der Waals surface area contributed by atoms with E-state index in [1.165, 1.54) is 31.2 Å². The van der Waals surface area contributed by atoms with Gasteiger partial charge >= 0.3 is 5.97 Å². The number of carbonyl (C=O) groups excluding carboxylic acids is 1. The second-order valence-corrected chi connectivity index (χ2v) is 8.81. The minimum Gasteiger partial charge on any atom is -0.487 e. The SMILES string of the molecule is COC(=O)C(C)N(c1ccccc1OCc1ccccc1)S(=O)(=O)c1cccc([N+](=O)[O-])c1. The molecule has 1 atom stereocenters. The van der Waals surface area contributed by atoms with Crippen molar-refractivity contribution in [3.63, 3.8) is 0 Å².